The van der Waals surface area contributed by atoms with Crippen molar-refractivity contribution >= 4 is 11.6 Å². The number of aromatic nitrogens is 3. The number of furan rings is 1. The molecule has 0 aliphatic carbocycles. The molecule has 0 radical (unpaired) electrons. The van der Waals surface area contributed by atoms with Crippen LogP contribution in [0.25, 0.3) is 16.9 Å². The minimum atomic E-state index is -0.278. The van der Waals surface area contributed by atoms with E-state index in [0.717, 1.165) is 28.2 Å². The Morgan fingerprint density at radius 2 is 1.90 bits per heavy atom. The third-order valence-electron chi connectivity index (χ3n) is 5.70. The van der Waals surface area contributed by atoms with Crippen LogP contribution in [0.2, 0.25) is 0 Å². The number of hydrogen-bond donors (Lipinski definition) is 0. The summed E-state index contributed by atoms with van der Waals surface area (Å²) in [5.74, 6) is 1.30. The molecule has 5 rings (SSSR count). The standard InChI is InChI=1S/C24H22N4O3/c1-4-9-28-21(19-10-15(2)31-16(19)3)14-26-13-20(25-22(26)24(28)30)23(29)27-11-17-7-5-6-8-18(17)12-27/h4-8,10,13-14H,1,9,11-12H2,2-3H3. The molecule has 0 bridgehead atoms. The van der Waals surface area contributed by atoms with E-state index >= 15 is 0 Å². The van der Waals surface area contributed by atoms with Gasteiger partial charge in [-0.3, -0.25) is 18.6 Å². The number of fused-ring (bicyclic) bond motifs is 2. The maximum atomic E-state index is 13.2. The number of carbonyl (C=O) groups excluding carboxylic acids is 1. The van der Waals surface area contributed by atoms with Crippen LogP contribution in [0.1, 0.15) is 33.1 Å². The first-order chi connectivity index (χ1) is 15.0. The molecule has 3 aromatic heterocycles. The molecule has 1 amide bonds. The lowest BCUT2D eigenvalue weighted by Gasteiger charge is -2.13. The van der Waals surface area contributed by atoms with Crippen LogP contribution >= 0.6 is 0 Å². The summed E-state index contributed by atoms with van der Waals surface area (Å²) in [6.45, 7) is 8.92. The molecule has 0 atom stereocenters. The monoisotopic (exact) mass is 414 g/mol. The number of allylic oxidation sites excluding steroid dienone is 1. The van der Waals surface area contributed by atoms with Crippen molar-refractivity contribution in [1.82, 2.24) is 18.9 Å². The molecule has 1 aromatic carbocycles. The van der Waals surface area contributed by atoms with Gasteiger partial charge in [-0.05, 0) is 31.0 Å². The third kappa shape index (κ3) is 3.09. The van der Waals surface area contributed by atoms with Gasteiger partial charge in [0.05, 0.1) is 5.69 Å². The molecule has 0 saturated heterocycles. The van der Waals surface area contributed by atoms with Gasteiger partial charge < -0.3 is 9.32 Å². The second kappa shape index (κ2) is 7.12. The number of amides is 1. The smallest absolute Gasteiger partial charge is 0.295 e. The lowest BCUT2D eigenvalue weighted by atomic mass is 10.1. The lowest BCUT2D eigenvalue weighted by molar-refractivity contribution is 0.0746. The second-order valence-corrected chi connectivity index (χ2v) is 7.83. The summed E-state index contributed by atoms with van der Waals surface area (Å²) in [6, 6.07) is 9.91. The fourth-order valence-electron chi connectivity index (χ4n) is 4.23. The molecule has 0 N–H and O–H groups in total. The fourth-order valence-corrected chi connectivity index (χ4v) is 4.23. The van der Waals surface area contributed by atoms with Crippen LogP contribution in [-0.4, -0.2) is 24.8 Å². The Bertz CT molecular complexity index is 1380. The summed E-state index contributed by atoms with van der Waals surface area (Å²) in [4.78, 5) is 32.5. The molecular weight excluding hydrogens is 392 g/mol. The maximum absolute atomic E-state index is 13.2. The molecule has 0 spiro atoms. The molecule has 0 fully saturated rings. The predicted molar refractivity (Wildman–Crippen MR) is 117 cm³/mol. The quantitative estimate of drug-likeness (QED) is 0.477. The Kier molecular flexibility index (Phi) is 4.39. The van der Waals surface area contributed by atoms with E-state index < -0.39 is 0 Å². The first-order valence-corrected chi connectivity index (χ1v) is 10.1. The number of rotatable bonds is 4. The van der Waals surface area contributed by atoms with Crippen molar-refractivity contribution in [1.29, 1.82) is 0 Å². The van der Waals surface area contributed by atoms with Crippen molar-refractivity contribution in [3.8, 4) is 11.3 Å². The molecule has 4 heterocycles. The Morgan fingerprint density at radius 3 is 2.52 bits per heavy atom. The number of carbonyl (C=O) groups is 1. The van der Waals surface area contributed by atoms with Gasteiger partial charge in [0.15, 0.2) is 0 Å². The largest absolute Gasteiger partial charge is 0.466 e. The van der Waals surface area contributed by atoms with Crippen LogP contribution in [0.4, 0.5) is 0 Å². The number of hydrogen-bond acceptors (Lipinski definition) is 4. The number of aryl methyl sites for hydroxylation is 2. The summed E-state index contributed by atoms with van der Waals surface area (Å²) < 4.78 is 8.91. The fraction of sp³-hybridized carbons (Fsp3) is 0.208. The SMILES string of the molecule is C=CCn1c(-c2cc(C)oc2C)cn2cc(C(=O)N3Cc4ccccc4C3)nc2c1=O. The van der Waals surface area contributed by atoms with Gasteiger partial charge in [-0.1, -0.05) is 30.3 Å². The van der Waals surface area contributed by atoms with E-state index in [1.54, 1.807) is 26.1 Å². The van der Waals surface area contributed by atoms with Gasteiger partial charge in [0.2, 0.25) is 5.65 Å². The summed E-state index contributed by atoms with van der Waals surface area (Å²) in [7, 11) is 0. The highest BCUT2D eigenvalue weighted by Gasteiger charge is 2.26. The Labute approximate surface area is 178 Å². The van der Waals surface area contributed by atoms with Gasteiger partial charge >= 0.3 is 0 Å². The van der Waals surface area contributed by atoms with Crippen LogP contribution < -0.4 is 5.56 Å². The molecule has 0 unspecified atom stereocenters. The third-order valence-corrected chi connectivity index (χ3v) is 5.70. The number of benzene rings is 1. The van der Waals surface area contributed by atoms with Crippen molar-refractivity contribution in [2.75, 3.05) is 0 Å². The van der Waals surface area contributed by atoms with E-state index in [-0.39, 0.29) is 22.8 Å². The molecule has 0 saturated carbocycles. The zero-order valence-corrected chi connectivity index (χ0v) is 17.5. The van der Waals surface area contributed by atoms with E-state index in [4.69, 9.17) is 4.42 Å². The van der Waals surface area contributed by atoms with Crippen molar-refractivity contribution < 1.29 is 9.21 Å². The van der Waals surface area contributed by atoms with Gasteiger partial charge in [0.25, 0.3) is 11.5 Å². The van der Waals surface area contributed by atoms with Gasteiger partial charge in [0, 0.05) is 37.6 Å². The Balaban J connectivity index is 1.59. The van der Waals surface area contributed by atoms with Crippen molar-refractivity contribution in [3.63, 3.8) is 0 Å². The summed E-state index contributed by atoms with van der Waals surface area (Å²) in [5.41, 5.74) is 3.99. The first kappa shape index (κ1) is 19.1. The van der Waals surface area contributed by atoms with Crippen molar-refractivity contribution in [2.24, 2.45) is 0 Å². The molecule has 31 heavy (non-hydrogen) atoms. The van der Waals surface area contributed by atoms with E-state index in [1.165, 1.54) is 0 Å². The van der Waals surface area contributed by atoms with E-state index in [9.17, 15) is 9.59 Å². The van der Waals surface area contributed by atoms with Crippen LogP contribution in [0.3, 0.4) is 0 Å². The lowest BCUT2D eigenvalue weighted by Crippen LogP contribution is -2.26. The average Bonchev–Trinajstić information content (AvgIpc) is 3.45. The van der Waals surface area contributed by atoms with Crippen LogP contribution in [0.5, 0.6) is 0 Å². The first-order valence-electron chi connectivity index (χ1n) is 10.1. The topological polar surface area (TPSA) is 72.8 Å². The molecular formula is C24H22N4O3. The van der Waals surface area contributed by atoms with Crippen LogP contribution in [-0.2, 0) is 19.6 Å². The van der Waals surface area contributed by atoms with E-state index in [0.29, 0.717) is 25.3 Å². The molecule has 1 aliphatic heterocycles. The second-order valence-electron chi connectivity index (χ2n) is 7.83. The summed E-state index contributed by atoms with van der Waals surface area (Å²) in [5, 5.41) is 0. The van der Waals surface area contributed by atoms with E-state index in [1.807, 2.05) is 50.4 Å². The number of imidazole rings is 1. The van der Waals surface area contributed by atoms with Gasteiger partial charge in [-0.2, -0.15) is 0 Å². The highest BCUT2D eigenvalue weighted by molar-refractivity contribution is 5.93. The van der Waals surface area contributed by atoms with Crippen LogP contribution in [0, 0.1) is 13.8 Å². The average molecular weight is 414 g/mol. The predicted octanol–water partition coefficient (Wildman–Crippen LogP) is 3.71. The normalized spacial score (nSPS) is 13.0. The number of nitrogens with zero attached hydrogens (tertiary/aromatic N) is 4. The minimum absolute atomic E-state index is 0.188. The van der Waals surface area contributed by atoms with E-state index in [2.05, 4.69) is 11.6 Å². The van der Waals surface area contributed by atoms with Crippen molar-refractivity contribution in [2.45, 2.75) is 33.5 Å². The summed E-state index contributed by atoms with van der Waals surface area (Å²) >= 11 is 0. The molecule has 156 valence electrons. The Hall–Kier alpha value is -3.87. The highest BCUT2D eigenvalue weighted by Crippen LogP contribution is 2.27. The van der Waals surface area contributed by atoms with Crippen LogP contribution in [0.15, 0.2) is 64.6 Å². The molecule has 7 heteroatoms. The maximum Gasteiger partial charge on any atom is 0.295 e. The van der Waals surface area contributed by atoms with Gasteiger partial charge in [-0.15, -0.1) is 6.58 Å². The molecule has 7 nitrogen and oxygen atoms in total. The Morgan fingerprint density at radius 1 is 1.19 bits per heavy atom. The molecule has 4 aromatic rings. The minimum Gasteiger partial charge on any atom is -0.466 e. The van der Waals surface area contributed by atoms with Crippen molar-refractivity contribution in [3.05, 3.63) is 94.1 Å². The molecule has 1 aliphatic rings. The van der Waals surface area contributed by atoms with Gasteiger partial charge in [-0.25, -0.2) is 4.98 Å². The zero-order valence-electron chi connectivity index (χ0n) is 17.5. The zero-order chi connectivity index (χ0) is 21.7. The summed E-state index contributed by atoms with van der Waals surface area (Å²) in [6.07, 6.45) is 5.12. The highest BCUT2D eigenvalue weighted by atomic mass is 16.3. The van der Waals surface area contributed by atoms with Gasteiger partial charge in [0.1, 0.15) is 17.2 Å².